The number of carbonyl (C=O) groups is 2. The number of hydrogen-bond donors (Lipinski definition) is 1. The van der Waals surface area contributed by atoms with Crippen LogP contribution < -0.4 is 5.32 Å². The van der Waals surface area contributed by atoms with Crippen LogP contribution in [0.5, 0.6) is 0 Å². The molecule has 0 radical (unpaired) electrons. The van der Waals surface area contributed by atoms with E-state index in [1.165, 1.54) is 18.3 Å². The second kappa shape index (κ2) is 8.80. The van der Waals surface area contributed by atoms with Crippen molar-refractivity contribution in [3.8, 4) is 0 Å². The van der Waals surface area contributed by atoms with Gasteiger partial charge in [0.05, 0.1) is 6.04 Å². The van der Waals surface area contributed by atoms with Gasteiger partial charge in [-0.15, -0.1) is 11.3 Å². The Kier molecular flexibility index (Phi) is 6.74. The molecule has 1 N–H and O–H groups in total. The molecule has 1 heterocycles. The average Bonchev–Trinajstić information content (AvgIpc) is 3.05. The number of thiazole rings is 1. The molecule has 0 saturated carbocycles. The van der Waals surface area contributed by atoms with Gasteiger partial charge in [0, 0.05) is 18.5 Å². The molecule has 0 aliphatic rings. The van der Waals surface area contributed by atoms with Crippen molar-refractivity contribution in [3.05, 3.63) is 52.5 Å². The van der Waals surface area contributed by atoms with Crippen LogP contribution in [-0.2, 0) is 20.7 Å². The maximum absolute atomic E-state index is 12.3. The number of nitrogens with zero attached hydrogens (tertiary/aromatic N) is 1. The number of rotatable bonds is 6. The van der Waals surface area contributed by atoms with Gasteiger partial charge in [0.25, 0.3) is 0 Å². The fourth-order valence-electron chi connectivity index (χ4n) is 2.42. The standard InChI is InChI=1S/C19H24N2O4S/c1-13(22)24-16(17-20-10-11-26-17)15(12-14-8-6-5-7-9-14)21-18(23)25-19(2,3)4/h5-11,15-16H,12H2,1-4H3,(H,21,23)/t15-,16+/m0/s1. The van der Waals surface area contributed by atoms with Gasteiger partial charge in [0.2, 0.25) is 0 Å². The van der Waals surface area contributed by atoms with Crippen molar-refractivity contribution in [1.29, 1.82) is 0 Å². The quantitative estimate of drug-likeness (QED) is 0.774. The zero-order chi connectivity index (χ0) is 19.2. The monoisotopic (exact) mass is 376 g/mol. The van der Waals surface area contributed by atoms with Gasteiger partial charge in [-0.2, -0.15) is 0 Å². The SMILES string of the molecule is CC(=O)O[C@@H](c1nccs1)[C@H](Cc1ccccc1)NC(=O)OC(C)(C)C. The van der Waals surface area contributed by atoms with Crippen LogP contribution in [0.25, 0.3) is 0 Å². The summed E-state index contributed by atoms with van der Waals surface area (Å²) in [6.45, 7) is 6.73. The van der Waals surface area contributed by atoms with Crippen molar-refractivity contribution in [2.75, 3.05) is 0 Å². The molecular weight excluding hydrogens is 352 g/mol. The van der Waals surface area contributed by atoms with Crippen molar-refractivity contribution in [2.24, 2.45) is 0 Å². The Morgan fingerprint density at radius 2 is 1.92 bits per heavy atom. The lowest BCUT2D eigenvalue weighted by atomic mass is 10.0. The topological polar surface area (TPSA) is 77.5 Å². The van der Waals surface area contributed by atoms with Crippen LogP contribution in [0.1, 0.15) is 44.4 Å². The minimum atomic E-state index is -0.694. The van der Waals surface area contributed by atoms with Gasteiger partial charge in [0.1, 0.15) is 10.6 Å². The van der Waals surface area contributed by atoms with Crippen LogP contribution in [-0.4, -0.2) is 28.7 Å². The first-order valence-electron chi connectivity index (χ1n) is 8.34. The first kappa shape index (κ1) is 19.9. The molecule has 0 spiro atoms. The molecule has 1 aromatic heterocycles. The lowest BCUT2D eigenvalue weighted by Crippen LogP contribution is -2.44. The molecule has 7 heteroatoms. The maximum Gasteiger partial charge on any atom is 0.408 e. The number of nitrogens with one attached hydrogen (secondary N) is 1. The van der Waals surface area contributed by atoms with E-state index in [9.17, 15) is 9.59 Å². The summed E-state index contributed by atoms with van der Waals surface area (Å²) in [7, 11) is 0. The van der Waals surface area contributed by atoms with E-state index >= 15 is 0 Å². The van der Waals surface area contributed by atoms with Crippen molar-refractivity contribution < 1.29 is 19.1 Å². The van der Waals surface area contributed by atoms with E-state index in [2.05, 4.69) is 10.3 Å². The molecule has 0 aliphatic heterocycles. The molecule has 0 bridgehead atoms. The average molecular weight is 376 g/mol. The summed E-state index contributed by atoms with van der Waals surface area (Å²) in [5.74, 6) is -0.436. The largest absolute Gasteiger partial charge is 0.453 e. The van der Waals surface area contributed by atoms with E-state index in [4.69, 9.17) is 9.47 Å². The zero-order valence-electron chi connectivity index (χ0n) is 15.4. The summed E-state index contributed by atoms with van der Waals surface area (Å²) >= 11 is 1.37. The summed E-state index contributed by atoms with van der Waals surface area (Å²) in [6, 6.07) is 9.16. The van der Waals surface area contributed by atoms with Gasteiger partial charge < -0.3 is 14.8 Å². The molecular formula is C19H24N2O4S. The van der Waals surface area contributed by atoms with Gasteiger partial charge >= 0.3 is 12.1 Å². The molecule has 6 nitrogen and oxygen atoms in total. The van der Waals surface area contributed by atoms with Crippen molar-refractivity contribution in [2.45, 2.75) is 51.9 Å². The first-order chi connectivity index (χ1) is 12.2. The Balaban J connectivity index is 2.27. The molecule has 2 aromatic rings. The van der Waals surface area contributed by atoms with E-state index in [0.29, 0.717) is 11.4 Å². The third-order valence-electron chi connectivity index (χ3n) is 3.35. The van der Waals surface area contributed by atoms with Crippen molar-refractivity contribution in [3.63, 3.8) is 0 Å². The third-order valence-corrected chi connectivity index (χ3v) is 4.19. The zero-order valence-corrected chi connectivity index (χ0v) is 16.2. The highest BCUT2D eigenvalue weighted by atomic mass is 32.1. The number of alkyl carbamates (subject to hydrolysis) is 1. The number of amides is 1. The predicted molar refractivity (Wildman–Crippen MR) is 99.9 cm³/mol. The Morgan fingerprint density at radius 1 is 1.23 bits per heavy atom. The number of benzene rings is 1. The Bertz CT molecular complexity index is 711. The van der Waals surface area contributed by atoms with Gasteiger partial charge in [-0.05, 0) is 32.8 Å². The van der Waals surface area contributed by atoms with E-state index in [1.54, 1.807) is 32.3 Å². The third kappa shape index (κ3) is 6.48. The van der Waals surface area contributed by atoms with Gasteiger partial charge in [-0.3, -0.25) is 4.79 Å². The minimum Gasteiger partial charge on any atom is -0.453 e. The lowest BCUT2D eigenvalue weighted by Gasteiger charge is -2.28. The lowest BCUT2D eigenvalue weighted by molar-refractivity contribution is -0.148. The highest BCUT2D eigenvalue weighted by Crippen LogP contribution is 2.26. The molecule has 1 aromatic carbocycles. The van der Waals surface area contributed by atoms with Crippen LogP contribution in [0.3, 0.4) is 0 Å². The smallest absolute Gasteiger partial charge is 0.408 e. The summed E-state index contributed by atoms with van der Waals surface area (Å²) in [5.41, 5.74) is 0.377. The second-order valence-electron chi connectivity index (χ2n) is 6.84. The number of hydrogen-bond acceptors (Lipinski definition) is 6. The van der Waals surface area contributed by atoms with E-state index < -0.39 is 29.8 Å². The Hall–Kier alpha value is -2.41. The van der Waals surface area contributed by atoms with Crippen LogP contribution in [0.2, 0.25) is 0 Å². The maximum atomic E-state index is 12.3. The van der Waals surface area contributed by atoms with E-state index in [0.717, 1.165) is 5.56 Å². The van der Waals surface area contributed by atoms with E-state index in [-0.39, 0.29) is 0 Å². The second-order valence-corrected chi connectivity index (χ2v) is 7.77. The molecule has 2 rings (SSSR count). The summed E-state index contributed by atoms with van der Waals surface area (Å²) in [5, 5.41) is 5.27. The van der Waals surface area contributed by atoms with Crippen molar-refractivity contribution >= 4 is 23.4 Å². The van der Waals surface area contributed by atoms with Crippen LogP contribution in [0, 0.1) is 0 Å². The first-order valence-corrected chi connectivity index (χ1v) is 9.22. The van der Waals surface area contributed by atoms with Crippen LogP contribution >= 0.6 is 11.3 Å². The van der Waals surface area contributed by atoms with E-state index in [1.807, 2.05) is 30.3 Å². The number of aromatic nitrogens is 1. The van der Waals surface area contributed by atoms with Crippen LogP contribution in [0.4, 0.5) is 4.79 Å². The minimum absolute atomic E-state index is 0.436. The van der Waals surface area contributed by atoms with Gasteiger partial charge in [-0.1, -0.05) is 30.3 Å². The summed E-state index contributed by atoms with van der Waals surface area (Å²) in [4.78, 5) is 28.2. The summed E-state index contributed by atoms with van der Waals surface area (Å²) < 4.78 is 10.9. The number of esters is 1. The molecule has 140 valence electrons. The molecule has 1 amide bonds. The Morgan fingerprint density at radius 3 is 2.46 bits per heavy atom. The highest BCUT2D eigenvalue weighted by molar-refractivity contribution is 7.09. The van der Waals surface area contributed by atoms with Crippen LogP contribution in [0.15, 0.2) is 41.9 Å². The number of ether oxygens (including phenoxy) is 2. The molecule has 0 unspecified atom stereocenters. The molecule has 26 heavy (non-hydrogen) atoms. The highest BCUT2D eigenvalue weighted by Gasteiger charge is 2.31. The molecule has 0 aliphatic carbocycles. The molecule has 2 atom stereocenters. The normalized spacial score (nSPS) is 13.5. The van der Waals surface area contributed by atoms with Gasteiger partial charge in [0.15, 0.2) is 6.10 Å². The number of carbonyl (C=O) groups excluding carboxylic acids is 2. The summed E-state index contributed by atoms with van der Waals surface area (Å²) in [6.07, 6.45) is 0.855. The molecule has 0 fully saturated rings. The molecule has 0 saturated heterocycles. The Labute approximate surface area is 157 Å². The predicted octanol–water partition coefficient (Wildman–Crippen LogP) is 3.88. The fraction of sp³-hybridized carbons (Fsp3) is 0.421. The van der Waals surface area contributed by atoms with Crippen molar-refractivity contribution in [1.82, 2.24) is 10.3 Å². The fourth-order valence-corrected chi connectivity index (χ4v) is 3.15. The van der Waals surface area contributed by atoms with Gasteiger partial charge in [-0.25, -0.2) is 9.78 Å².